The first kappa shape index (κ1) is 25.4. The maximum Gasteiger partial charge on any atom is 0.191 e. The van der Waals surface area contributed by atoms with Gasteiger partial charge in [-0.3, -0.25) is 0 Å². The van der Waals surface area contributed by atoms with Crippen LogP contribution in [0.4, 0.5) is 0 Å². The molecule has 33 heavy (non-hydrogen) atoms. The van der Waals surface area contributed by atoms with E-state index in [4.69, 9.17) is 18.6 Å². The summed E-state index contributed by atoms with van der Waals surface area (Å²) in [4.78, 5) is 11.8. The molecular weight excluding hydrogens is 436 g/mol. The topological polar surface area (TPSA) is 74.2 Å². The quantitative estimate of drug-likeness (QED) is 0.413. The largest absolute Gasteiger partial charge is 0.493 e. The Labute approximate surface area is 198 Å². The van der Waals surface area contributed by atoms with Crippen LogP contribution in [0.25, 0.3) is 0 Å². The summed E-state index contributed by atoms with van der Waals surface area (Å²) in [5.41, 5.74) is 0.269. The molecule has 0 aromatic heterocycles. The molecule has 0 aliphatic carbocycles. The van der Waals surface area contributed by atoms with Crippen molar-refractivity contribution in [3.8, 4) is 11.5 Å². The Hall–Kier alpha value is -2.19. The lowest BCUT2D eigenvalue weighted by molar-refractivity contribution is -0.128. The van der Waals surface area contributed by atoms with Crippen molar-refractivity contribution in [2.45, 2.75) is 57.2 Å². The lowest BCUT2D eigenvalue weighted by atomic mass is 9.85. The highest BCUT2D eigenvalue weighted by atomic mass is 28.4. The number of methoxy groups -OCH3 is 1. The van der Waals surface area contributed by atoms with Crippen molar-refractivity contribution in [1.29, 1.82) is 0 Å². The second-order valence-electron chi connectivity index (χ2n) is 10.2. The summed E-state index contributed by atoms with van der Waals surface area (Å²) in [5, 5.41) is 11.0. The van der Waals surface area contributed by atoms with Crippen molar-refractivity contribution < 1.29 is 28.5 Å². The molecule has 1 heterocycles. The highest BCUT2D eigenvalue weighted by molar-refractivity contribution is 6.74. The van der Waals surface area contributed by atoms with Gasteiger partial charge in [-0.15, -0.1) is 0 Å². The third-order valence-corrected chi connectivity index (χ3v) is 11.4. The van der Waals surface area contributed by atoms with Gasteiger partial charge in [0, 0.05) is 12.5 Å². The molecule has 0 saturated carbocycles. The first-order valence-electron chi connectivity index (χ1n) is 11.3. The Morgan fingerprint density at radius 1 is 1.15 bits per heavy atom. The highest BCUT2D eigenvalue weighted by Crippen LogP contribution is 2.44. The Morgan fingerprint density at radius 2 is 1.85 bits per heavy atom. The first-order valence-corrected chi connectivity index (χ1v) is 14.2. The van der Waals surface area contributed by atoms with Crippen LogP contribution >= 0.6 is 0 Å². The predicted molar refractivity (Wildman–Crippen MR) is 130 cm³/mol. The molecule has 1 aliphatic heterocycles. The van der Waals surface area contributed by atoms with E-state index < -0.39 is 25.9 Å². The minimum Gasteiger partial charge on any atom is -0.493 e. The third kappa shape index (κ3) is 5.66. The molecule has 0 amide bonds. The lowest BCUT2D eigenvalue weighted by Crippen LogP contribution is -2.47. The molecule has 1 N–H and O–H groups in total. The van der Waals surface area contributed by atoms with E-state index in [2.05, 4.69) is 33.9 Å². The minimum atomic E-state index is -2.08. The van der Waals surface area contributed by atoms with Gasteiger partial charge in [-0.05, 0) is 41.4 Å². The molecule has 3 atom stereocenters. The number of benzene rings is 2. The third-order valence-electron chi connectivity index (χ3n) is 6.89. The molecule has 180 valence electrons. The maximum absolute atomic E-state index is 11.8. The summed E-state index contributed by atoms with van der Waals surface area (Å²) in [5.74, 6) is 0.658. The fraction of sp³-hybridized carbons (Fsp3) is 0.500. The number of carbonyl (C=O) groups excluding carboxylic acids is 1. The van der Waals surface area contributed by atoms with E-state index >= 15 is 0 Å². The SMILES string of the molecule is COc1cc([C@@H]2OC[C@](O)(C=O)[C@@H]2CO[Si](C)(C)C(C)(C)C)ccc1OCc1ccccc1. The van der Waals surface area contributed by atoms with Crippen LogP contribution in [-0.4, -0.2) is 45.6 Å². The average molecular weight is 473 g/mol. The summed E-state index contributed by atoms with van der Waals surface area (Å²) in [7, 11) is -0.488. The highest BCUT2D eigenvalue weighted by Gasteiger charge is 2.51. The lowest BCUT2D eigenvalue weighted by Gasteiger charge is -2.38. The molecule has 0 unspecified atom stereocenters. The van der Waals surface area contributed by atoms with E-state index in [0.717, 1.165) is 11.1 Å². The number of carbonyl (C=O) groups is 1. The van der Waals surface area contributed by atoms with Gasteiger partial charge in [-0.25, -0.2) is 0 Å². The van der Waals surface area contributed by atoms with E-state index in [9.17, 15) is 9.90 Å². The molecule has 0 radical (unpaired) electrons. The van der Waals surface area contributed by atoms with Gasteiger partial charge in [0.15, 0.2) is 31.7 Å². The number of aliphatic hydroxyl groups is 1. The average Bonchev–Trinajstić information content (AvgIpc) is 3.13. The van der Waals surface area contributed by atoms with E-state index in [1.807, 2.05) is 48.5 Å². The number of hydrogen-bond acceptors (Lipinski definition) is 6. The molecule has 7 heteroatoms. The standard InChI is InChI=1S/C26H36O6Si/c1-25(2,3)33(5,6)32-16-21-24(31-18-26(21,28)17-27)20-12-13-22(23(14-20)29-4)30-15-19-10-8-7-9-11-19/h7-14,17,21,24,28H,15-16,18H2,1-6H3/t21-,24+,26-/m1/s1. The van der Waals surface area contributed by atoms with E-state index in [1.54, 1.807) is 7.11 Å². The molecule has 2 aromatic carbocycles. The van der Waals surface area contributed by atoms with E-state index in [-0.39, 0.29) is 18.3 Å². The fourth-order valence-electron chi connectivity index (χ4n) is 3.62. The second kappa shape index (κ2) is 9.97. The molecule has 6 nitrogen and oxygen atoms in total. The number of ether oxygens (including phenoxy) is 3. The van der Waals surface area contributed by atoms with Gasteiger partial charge in [0.25, 0.3) is 0 Å². The van der Waals surface area contributed by atoms with Crippen LogP contribution in [0.5, 0.6) is 11.5 Å². The zero-order chi connectivity index (χ0) is 24.3. The molecular formula is C26H36O6Si. The van der Waals surface area contributed by atoms with Crippen LogP contribution in [-0.2, 0) is 20.6 Å². The van der Waals surface area contributed by atoms with Crippen molar-refractivity contribution in [2.75, 3.05) is 20.3 Å². The summed E-state index contributed by atoms with van der Waals surface area (Å²) in [6, 6.07) is 15.5. The van der Waals surface area contributed by atoms with Crippen molar-refractivity contribution in [3.63, 3.8) is 0 Å². The van der Waals surface area contributed by atoms with E-state index in [1.165, 1.54) is 0 Å². The van der Waals surface area contributed by atoms with Crippen molar-refractivity contribution in [3.05, 3.63) is 59.7 Å². The number of hydrogen-bond donors (Lipinski definition) is 1. The second-order valence-corrected chi connectivity index (χ2v) is 15.0. The van der Waals surface area contributed by atoms with E-state index in [0.29, 0.717) is 24.4 Å². The molecule has 1 aliphatic rings. The van der Waals surface area contributed by atoms with Crippen molar-refractivity contribution >= 4 is 14.6 Å². The van der Waals surface area contributed by atoms with Crippen LogP contribution in [0.15, 0.2) is 48.5 Å². The molecule has 1 saturated heterocycles. The molecule has 0 bridgehead atoms. The number of aldehydes is 1. The smallest absolute Gasteiger partial charge is 0.191 e. The zero-order valence-electron chi connectivity index (χ0n) is 20.5. The predicted octanol–water partition coefficient (Wildman–Crippen LogP) is 4.91. The Morgan fingerprint density at radius 3 is 2.45 bits per heavy atom. The van der Waals surface area contributed by atoms with Gasteiger partial charge in [0.2, 0.25) is 0 Å². The van der Waals surface area contributed by atoms with Gasteiger partial charge in [-0.1, -0.05) is 57.2 Å². The Kier molecular flexibility index (Phi) is 7.68. The van der Waals surface area contributed by atoms with Gasteiger partial charge in [0.05, 0.1) is 19.8 Å². The molecule has 1 fully saturated rings. The van der Waals surface area contributed by atoms with Crippen molar-refractivity contribution in [1.82, 2.24) is 0 Å². The monoisotopic (exact) mass is 472 g/mol. The molecule has 2 aromatic rings. The van der Waals surface area contributed by atoms with Gasteiger partial charge in [0.1, 0.15) is 6.61 Å². The Bertz CT molecular complexity index is 940. The molecule has 0 spiro atoms. The van der Waals surface area contributed by atoms with Crippen LogP contribution < -0.4 is 9.47 Å². The summed E-state index contributed by atoms with van der Waals surface area (Å²) < 4.78 is 23.8. The fourth-order valence-corrected chi connectivity index (χ4v) is 4.65. The zero-order valence-corrected chi connectivity index (χ0v) is 21.5. The maximum atomic E-state index is 11.8. The van der Waals surface area contributed by atoms with Crippen LogP contribution in [0, 0.1) is 5.92 Å². The molecule has 3 rings (SSSR count). The van der Waals surface area contributed by atoms with Gasteiger partial charge >= 0.3 is 0 Å². The van der Waals surface area contributed by atoms with Crippen LogP contribution in [0.1, 0.15) is 38.0 Å². The summed E-state index contributed by atoms with van der Waals surface area (Å²) in [6.45, 7) is 11.4. The summed E-state index contributed by atoms with van der Waals surface area (Å²) >= 11 is 0. The van der Waals surface area contributed by atoms with Gasteiger partial charge < -0.3 is 28.5 Å². The van der Waals surface area contributed by atoms with Crippen LogP contribution in [0.2, 0.25) is 18.1 Å². The van der Waals surface area contributed by atoms with Crippen LogP contribution in [0.3, 0.4) is 0 Å². The summed E-state index contributed by atoms with van der Waals surface area (Å²) in [6.07, 6.45) is 0.0865. The first-order chi connectivity index (χ1) is 15.5. The van der Waals surface area contributed by atoms with Gasteiger partial charge in [-0.2, -0.15) is 0 Å². The van der Waals surface area contributed by atoms with Crippen molar-refractivity contribution in [2.24, 2.45) is 5.92 Å². The normalized spacial score (nSPS) is 23.4. The number of rotatable bonds is 9. The Balaban J connectivity index is 1.81. The minimum absolute atomic E-state index is 0.0161.